The van der Waals surface area contributed by atoms with Crippen molar-refractivity contribution in [3.63, 3.8) is 0 Å². The van der Waals surface area contributed by atoms with Crippen LogP contribution in [0.1, 0.15) is 24.5 Å². The zero-order chi connectivity index (χ0) is 15.1. The summed E-state index contributed by atoms with van der Waals surface area (Å²) in [5.41, 5.74) is 2.92. The average Bonchev–Trinajstić information content (AvgIpc) is 2.54. The van der Waals surface area contributed by atoms with E-state index in [1.807, 2.05) is 43.6 Å². The van der Waals surface area contributed by atoms with Gasteiger partial charge in [0.1, 0.15) is 5.82 Å². The molecule has 2 aromatic rings. The number of anilines is 2. The lowest BCUT2D eigenvalue weighted by Gasteiger charge is -2.19. The lowest BCUT2D eigenvalue weighted by molar-refractivity contribution is 0.912. The number of nitrogens with one attached hydrogen (secondary N) is 1. The van der Waals surface area contributed by atoms with Crippen LogP contribution in [0.4, 0.5) is 11.5 Å². The van der Waals surface area contributed by atoms with Crippen LogP contribution in [-0.4, -0.2) is 18.6 Å². The minimum atomic E-state index is 0.681. The van der Waals surface area contributed by atoms with Crippen LogP contribution in [0.15, 0.2) is 42.6 Å². The summed E-state index contributed by atoms with van der Waals surface area (Å²) in [6, 6.07) is 13.8. The van der Waals surface area contributed by atoms with Crippen molar-refractivity contribution in [1.29, 1.82) is 5.26 Å². The van der Waals surface area contributed by atoms with Crippen LogP contribution in [0.25, 0.3) is 0 Å². The van der Waals surface area contributed by atoms with Crippen LogP contribution >= 0.6 is 0 Å². The van der Waals surface area contributed by atoms with Crippen molar-refractivity contribution in [2.75, 3.05) is 23.8 Å². The van der Waals surface area contributed by atoms with Gasteiger partial charge in [-0.25, -0.2) is 4.98 Å². The maximum Gasteiger partial charge on any atom is 0.125 e. The summed E-state index contributed by atoms with van der Waals surface area (Å²) in [4.78, 5) is 6.55. The van der Waals surface area contributed by atoms with Crippen molar-refractivity contribution < 1.29 is 0 Å². The number of nitriles is 1. The van der Waals surface area contributed by atoms with Gasteiger partial charge in [0.15, 0.2) is 0 Å². The molecule has 0 aliphatic rings. The summed E-state index contributed by atoms with van der Waals surface area (Å²) in [6.07, 6.45) is 2.99. The maximum atomic E-state index is 8.81. The van der Waals surface area contributed by atoms with E-state index >= 15 is 0 Å². The number of aromatic nitrogens is 1. The van der Waals surface area contributed by atoms with Gasteiger partial charge in [0.25, 0.3) is 0 Å². The molecular weight excluding hydrogens is 260 g/mol. The molecule has 0 radical (unpaired) electrons. The Kier molecular flexibility index (Phi) is 5.16. The summed E-state index contributed by atoms with van der Waals surface area (Å²) >= 11 is 0. The summed E-state index contributed by atoms with van der Waals surface area (Å²) in [6.45, 7) is 3.86. The highest BCUT2D eigenvalue weighted by Crippen LogP contribution is 2.16. The van der Waals surface area contributed by atoms with Gasteiger partial charge in [-0.2, -0.15) is 5.26 Å². The molecule has 0 aliphatic heterocycles. The quantitative estimate of drug-likeness (QED) is 0.881. The van der Waals surface area contributed by atoms with E-state index in [-0.39, 0.29) is 0 Å². The monoisotopic (exact) mass is 280 g/mol. The van der Waals surface area contributed by atoms with Crippen LogP contribution in [0.3, 0.4) is 0 Å². The number of pyridine rings is 1. The molecule has 1 aromatic carbocycles. The molecule has 4 nitrogen and oxygen atoms in total. The van der Waals surface area contributed by atoms with Gasteiger partial charge in [0, 0.05) is 32.0 Å². The van der Waals surface area contributed by atoms with Crippen molar-refractivity contribution >= 4 is 11.5 Å². The van der Waals surface area contributed by atoms with Gasteiger partial charge in [-0.1, -0.05) is 13.0 Å². The van der Waals surface area contributed by atoms with Gasteiger partial charge in [-0.15, -0.1) is 0 Å². The minimum absolute atomic E-state index is 0.681. The fourth-order valence-corrected chi connectivity index (χ4v) is 2.03. The van der Waals surface area contributed by atoms with E-state index < -0.39 is 0 Å². The molecule has 0 fully saturated rings. The van der Waals surface area contributed by atoms with E-state index in [2.05, 4.69) is 34.3 Å². The van der Waals surface area contributed by atoms with Crippen LogP contribution in [0.2, 0.25) is 0 Å². The van der Waals surface area contributed by atoms with Crippen molar-refractivity contribution in [3.05, 3.63) is 53.7 Å². The molecule has 0 atom stereocenters. The Labute approximate surface area is 126 Å². The first-order valence-corrected chi connectivity index (χ1v) is 7.13. The molecule has 0 spiro atoms. The van der Waals surface area contributed by atoms with Gasteiger partial charge >= 0.3 is 0 Å². The lowest BCUT2D eigenvalue weighted by atomic mass is 10.2. The molecule has 0 unspecified atom stereocenters. The van der Waals surface area contributed by atoms with Crippen molar-refractivity contribution in [1.82, 2.24) is 4.98 Å². The van der Waals surface area contributed by atoms with Gasteiger partial charge in [-0.3, -0.25) is 0 Å². The first kappa shape index (κ1) is 14.9. The summed E-state index contributed by atoms with van der Waals surface area (Å²) in [5.74, 6) is 0.918. The third kappa shape index (κ3) is 4.22. The van der Waals surface area contributed by atoms with E-state index in [1.165, 1.54) is 0 Å². The molecule has 0 bridgehead atoms. The zero-order valence-electron chi connectivity index (χ0n) is 12.5. The SMILES string of the molecule is CCCNc1ccc(CN(C)c2ccc(C#N)cc2)cn1. The Balaban J connectivity index is 1.98. The average molecular weight is 280 g/mol. The number of hydrogen-bond donors (Lipinski definition) is 1. The highest BCUT2D eigenvalue weighted by atomic mass is 15.1. The molecule has 0 amide bonds. The van der Waals surface area contributed by atoms with E-state index in [0.717, 1.165) is 36.6 Å². The second-order valence-electron chi connectivity index (χ2n) is 4.99. The van der Waals surface area contributed by atoms with Gasteiger partial charge in [0.2, 0.25) is 0 Å². The Hall–Kier alpha value is -2.54. The minimum Gasteiger partial charge on any atom is -0.370 e. The molecule has 0 saturated carbocycles. The fourth-order valence-electron chi connectivity index (χ4n) is 2.03. The topological polar surface area (TPSA) is 52.0 Å². The second-order valence-corrected chi connectivity index (χ2v) is 4.99. The predicted octanol–water partition coefficient (Wildman–Crippen LogP) is 3.41. The third-order valence-electron chi connectivity index (χ3n) is 3.24. The van der Waals surface area contributed by atoms with Crippen molar-refractivity contribution in [2.45, 2.75) is 19.9 Å². The predicted molar refractivity (Wildman–Crippen MR) is 86.3 cm³/mol. The van der Waals surface area contributed by atoms with Crippen LogP contribution in [0, 0.1) is 11.3 Å². The zero-order valence-corrected chi connectivity index (χ0v) is 12.5. The summed E-state index contributed by atoms with van der Waals surface area (Å²) in [7, 11) is 2.03. The first-order chi connectivity index (χ1) is 10.2. The van der Waals surface area contributed by atoms with Crippen molar-refractivity contribution in [3.8, 4) is 6.07 Å². The van der Waals surface area contributed by atoms with Crippen molar-refractivity contribution in [2.24, 2.45) is 0 Å². The molecule has 1 heterocycles. The molecule has 0 saturated heterocycles. The molecule has 1 aromatic heterocycles. The Morgan fingerprint density at radius 1 is 1.19 bits per heavy atom. The Bertz CT molecular complexity index is 596. The smallest absolute Gasteiger partial charge is 0.125 e. The van der Waals surface area contributed by atoms with E-state index in [4.69, 9.17) is 5.26 Å². The highest BCUT2D eigenvalue weighted by molar-refractivity contribution is 5.49. The standard InChI is InChI=1S/C17H20N4/c1-3-10-19-17-9-6-15(12-20-17)13-21(2)16-7-4-14(11-18)5-8-16/h4-9,12H,3,10,13H2,1-2H3,(H,19,20). The summed E-state index contributed by atoms with van der Waals surface area (Å²) in [5, 5.41) is 12.1. The molecule has 0 aliphatic carbocycles. The van der Waals surface area contributed by atoms with E-state index in [9.17, 15) is 0 Å². The molecular formula is C17H20N4. The second kappa shape index (κ2) is 7.30. The first-order valence-electron chi connectivity index (χ1n) is 7.13. The highest BCUT2D eigenvalue weighted by Gasteiger charge is 2.03. The van der Waals surface area contributed by atoms with Crippen LogP contribution in [-0.2, 0) is 6.54 Å². The Morgan fingerprint density at radius 2 is 1.95 bits per heavy atom. The van der Waals surface area contributed by atoms with Crippen LogP contribution < -0.4 is 10.2 Å². The van der Waals surface area contributed by atoms with E-state index in [0.29, 0.717) is 5.56 Å². The molecule has 1 N–H and O–H groups in total. The molecule has 21 heavy (non-hydrogen) atoms. The molecule has 4 heteroatoms. The third-order valence-corrected chi connectivity index (χ3v) is 3.24. The molecule has 2 rings (SSSR count). The van der Waals surface area contributed by atoms with Gasteiger partial charge < -0.3 is 10.2 Å². The number of hydrogen-bond acceptors (Lipinski definition) is 4. The van der Waals surface area contributed by atoms with Gasteiger partial charge in [-0.05, 0) is 42.3 Å². The Morgan fingerprint density at radius 3 is 2.52 bits per heavy atom. The maximum absolute atomic E-state index is 8.81. The number of nitrogens with zero attached hydrogens (tertiary/aromatic N) is 3. The largest absolute Gasteiger partial charge is 0.370 e. The lowest BCUT2D eigenvalue weighted by Crippen LogP contribution is -2.16. The molecule has 108 valence electrons. The van der Waals surface area contributed by atoms with Crippen LogP contribution in [0.5, 0.6) is 0 Å². The fraction of sp³-hybridized carbons (Fsp3) is 0.294. The number of rotatable bonds is 6. The summed E-state index contributed by atoms with van der Waals surface area (Å²) < 4.78 is 0. The number of benzene rings is 1. The van der Waals surface area contributed by atoms with E-state index in [1.54, 1.807) is 0 Å². The van der Waals surface area contributed by atoms with Gasteiger partial charge in [0.05, 0.1) is 11.6 Å². The normalized spacial score (nSPS) is 9.95.